The zero-order valence-corrected chi connectivity index (χ0v) is 11.4. The smallest absolute Gasteiger partial charge is 0.0754 e. The van der Waals surface area contributed by atoms with Crippen LogP contribution in [-0.4, -0.2) is 12.7 Å². The van der Waals surface area contributed by atoms with Crippen LogP contribution in [-0.2, 0) is 4.74 Å². The first-order valence-electron chi connectivity index (χ1n) is 6.94. The Morgan fingerprint density at radius 2 is 2.11 bits per heavy atom. The van der Waals surface area contributed by atoms with E-state index in [0.29, 0.717) is 12.5 Å². The van der Waals surface area contributed by atoms with Crippen LogP contribution in [0.4, 0.5) is 0 Å². The molecule has 0 radical (unpaired) electrons. The second kappa shape index (κ2) is 6.32. The maximum Gasteiger partial charge on any atom is 0.0754 e. The fourth-order valence-electron chi connectivity index (χ4n) is 2.72. The highest BCUT2D eigenvalue weighted by molar-refractivity contribution is 5.34. The largest absolute Gasteiger partial charge is 0.377 e. The number of benzene rings is 1. The van der Waals surface area contributed by atoms with Crippen LogP contribution in [0.2, 0.25) is 0 Å². The summed E-state index contributed by atoms with van der Waals surface area (Å²) in [5.74, 6) is 6.45. The average molecular weight is 248 g/mol. The van der Waals surface area contributed by atoms with Crippen molar-refractivity contribution in [1.29, 1.82) is 0 Å². The van der Waals surface area contributed by atoms with Crippen molar-refractivity contribution in [3.05, 3.63) is 35.4 Å². The first-order valence-corrected chi connectivity index (χ1v) is 6.94. The van der Waals surface area contributed by atoms with Crippen molar-refractivity contribution in [2.45, 2.75) is 51.2 Å². The fraction of sp³-hybridized carbons (Fsp3) is 0.600. The molecule has 0 aliphatic heterocycles. The Bertz CT molecular complexity index is 377. The summed E-state index contributed by atoms with van der Waals surface area (Å²) in [7, 11) is 0. The van der Waals surface area contributed by atoms with E-state index >= 15 is 0 Å². The van der Waals surface area contributed by atoms with Crippen LogP contribution in [0.5, 0.6) is 0 Å². The lowest BCUT2D eigenvalue weighted by Gasteiger charge is -2.32. The van der Waals surface area contributed by atoms with Crippen LogP contribution < -0.4 is 11.3 Å². The molecule has 1 aliphatic rings. The molecule has 1 saturated carbocycles. The summed E-state index contributed by atoms with van der Waals surface area (Å²) < 4.78 is 5.69. The van der Waals surface area contributed by atoms with E-state index in [4.69, 9.17) is 10.6 Å². The molecule has 0 amide bonds. The molecule has 2 unspecified atom stereocenters. The molecule has 0 spiro atoms. The highest BCUT2D eigenvalue weighted by Gasteiger charge is 2.27. The number of rotatable bonds is 6. The van der Waals surface area contributed by atoms with Gasteiger partial charge in [0.1, 0.15) is 0 Å². The van der Waals surface area contributed by atoms with E-state index in [-0.39, 0.29) is 12.1 Å². The Balaban J connectivity index is 2.23. The summed E-state index contributed by atoms with van der Waals surface area (Å²) in [6.45, 7) is 4.80. The number of hydrazine groups is 1. The molecular weight excluding hydrogens is 224 g/mol. The Hall–Kier alpha value is -0.900. The minimum atomic E-state index is 0.0711. The van der Waals surface area contributed by atoms with Crippen molar-refractivity contribution >= 4 is 0 Å². The molecule has 1 aromatic rings. The topological polar surface area (TPSA) is 47.3 Å². The van der Waals surface area contributed by atoms with Crippen molar-refractivity contribution in [3.63, 3.8) is 0 Å². The molecule has 0 bridgehead atoms. The second-order valence-electron chi connectivity index (χ2n) is 5.06. The van der Waals surface area contributed by atoms with Crippen molar-refractivity contribution in [3.8, 4) is 0 Å². The van der Waals surface area contributed by atoms with Crippen LogP contribution in [0.25, 0.3) is 0 Å². The zero-order valence-electron chi connectivity index (χ0n) is 11.4. The minimum Gasteiger partial charge on any atom is -0.377 e. The molecule has 0 aromatic heterocycles. The molecule has 2 rings (SSSR count). The summed E-state index contributed by atoms with van der Waals surface area (Å²) >= 11 is 0. The fourth-order valence-corrected chi connectivity index (χ4v) is 2.72. The molecule has 3 N–H and O–H groups in total. The van der Waals surface area contributed by atoms with Gasteiger partial charge in [0.05, 0.1) is 12.1 Å². The van der Waals surface area contributed by atoms with Gasteiger partial charge in [-0.3, -0.25) is 11.3 Å². The lowest BCUT2D eigenvalue weighted by Crippen LogP contribution is -2.37. The zero-order chi connectivity index (χ0) is 13.0. The van der Waals surface area contributed by atoms with Crippen molar-refractivity contribution < 1.29 is 4.74 Å². The molecule has 3 nitrogen and oxygen atoms in total. The Labute approximate surface area is 110 Å². The van der Waals surface area contributed by atoms with Gasteiger partial charge < -0.3 is 4.74 Å². The molecule has 2 atom stereocenters. The van der Waals surface area contributed by atoms with Gasteiger partial charge in [0.25, 0.3) is 0 Å². The first-order chi connectivity index (χ1) is 8.77. The average Bonchev–Trinajstić information content (AvgIpc) is 2.30. The van der Waals surface area contributed by atoms with Crippen LogP contribution in [0.15, 0.2) is 24.3 Å². The predicted octanol–water partition coefficient (Wildman–Crippen LogP) is 2.88. The number of hydrogen-bond acceptors (Lipinski definition) is 3. The van der Waals surface area contributed by atoms with Crippen LogP contribution in [0.1, 0.15) is 56.2 Å². The lowest BCUT2D eigenvalue weighted by molar-refractivity contribution is 0.0468. The Kier molecular flexibility index (Phi) is 4.75. The molecule has 18 heavy (non-hydrogen) atoms. The van der Waals surface area contributed by atoms with Crippen molar-refractivity contribution in [2.75, 3.05) is 6.61 Å². The highest BCUT2D eigenvalue weighted by Crippen LogP contribution is 2.40. The van der Waals surface area contributed by atoms with Gasteiger partial charge in [0.2, 0.25) is 0 Å². The van der Waals surface area contributed by atoms with Gasteiger partial charge in [0.15, 0.2) is 0 Å². The van der Waals surface area contributed by atoms with Crippen LogP contribution >= 0.6 is 0 Å². The minimum absolute atomic E-state index is 0.0711. The highest BCUT2D eigenvalue weighted by atomic mass is 16.5. The third-order valence-electron chi connectivity index (χ3n) is 3.95. The Morgan fingerprint density at radius 1 is 1.39 bits per heavy atom. The van der Waals surface area contributed by atoms with Gasteiger partial charge >= 0.3 is 0 Å². The SMILES string of the molecule is CCOC(C)C(NN)c1ccccc1C1CCC1. The standard InChI is InChI=1S/C15H24N2O/c1-3-18-11(2)15(17-16)14-10-5-4-9-13(14)12-7-6-8-12/h4-5,9-12,15,17H,3,6-8,16H2,1-2H3. The summed E-state index contributed by atoms with van der Waals surface area (Å²) in [6, 6.07) is 8.69. The first kappa shape index (κ1) is 13.5. The molecule has 100 valence electrons. The van der Waals surface area contributed by atoms with Gasteiger partial charge in [-0.1, -0.05) is 30.7 Å². The van der Waals surface area contributed by atoms with Crippen molar-refractivity contribution in [2.24, 2.45) is 5.84 Å². The summed E-state index contributed by atoms with van der Waals surface area (Å²) in [4.78, 5) is 0. The van der Waals surface area contributed by atoms with E-state index in [1.54, 1.807) is 0 Å². The third-order valence-corrected chi connectivity index (χ3v) is 3.95. The monoisotopic (exact) mass is 248 g/mol. The molecular formula is C15H24N2O. The van der Waals surface area contributed by atoms with Crippen LogP contribution in [0.3, 0.4) is 0 Å². The quantitative estimate of drug-likeness (QED) is 0.601. The van der Waals surface area contributed by atoms with Gasteiger partial charge in [-0.05, 0) is 43.7 Å². The predicted molar refractivity (Wildman–Crippen MR) is 74.2 cm³/mol. The molecule has 0 saturated heterocycles. The van der Waals surface area contributed by atoms with E-state index in [9.17, 15) is 0 Å². The maximum atomic E-state index is 5.73. The summed E-state index contributed by atoms with van der Waals surface area (Å²) in [6.07, 6.45) is 4.04. The normalized spacial score (nSPS) is 19.3. The number of hydrogen-bond donors (Lipinski definition) is 2. The summed E-state index contributed by atoms with van der Waals surface area (Å²) in [5.41, 5.74) is 5.66. The molecule has 1 aliphatic carbocycles. The van der Waals surface area contributed by atoms with Gasteiger partial charge in [-0.15, -0.1) is 0 Å². The van der Waals surface area contributed by atoms with E-state index < -0.39 is 0 Å². The molecule has 0 heterocycles. The van der Waals surface area contributed by atoms with E-state index in [0.717, 1.165) is 0 Å². The third kappa shape index (κ3) is 2.74. The van der Waals surface area contributed by atoms with E-state index in [1.807, 2.05) is 6.92 Å². The number of ether oxygens (including phenoxy) is 1. The lowest BCUT2D eigenvalue weighted by atomic mass is 9.77. The maximum absolute atomic E-state index is 5.73. The second-order valence-corrected chi connectivity index (χ2v) is 5.06. The molecule has 3 heteroatoms. The van der Waals surface area contributed by atoms with Gasteiger partial charge in [-0.25, -0.2) is 0 Å². The number of nitrogens with two attached hydrogens (primary N) is 1. The number of nitrogens with one attached hydrogen (secondary N) is 1. The van der Waals surface area contributed by atoms with E-state index in [2.05, 4.69) is 36.6 Å². The van der Waals surface area contributed by atoms with Crippen LogP contribution in [0, 0.1) is 0 Å². The Morgan fingerprint density at radius 3 is 2.67 bits per heavy atom. The molecule has 1 aromatic carbocycles. The van der Waals surface area contributed by atoms with E-state index in [1.165, 1.54) is 30.4 Å². The molecule has 1 fully saturated rings. The van der Waals surface area contributed by atoms with Crippen molar-refractivity contribution in [1.82, 2.24) is 5.43 Å². The van der Waals surface area contributed by atoms with Gasteiger partial charge in [0, 0.05) is 6.61 Å². The summed E-state index contributed by atoms with van der Waals surface area (Å²) in [5, 5.41) is 0. The van der Waals surface area contributed by atoms with Gasteiger partial charge in [-0.2, -0.15) is 0 Å².